The predicted octanol–water partition coefficient (Wildman–Crippen LogP) is 2.65. The molecule has 0 spiro atoms. The number of amides is 1. The third kappa shape index (κ3) is 4.17. The first-order valence-corrected chi connectivity index (χ1v) is 7.16. The zero-order chi connectivity index (χ0) is 15.2. The molecule has 2 aromatic rings. The Labute approximate surface area is 126 Å². The van der Waals surface area contributed by atoms with E-state index in [1.54, 1.807) is 4.90 Å². The molecule has 0 fully saturated rings. The van der Waals surface area contributed by atoms with E-state index in [-0.39, 0.29) is 5.91 Å². The molecule has 1 amide bonds. The van der Waals surface area contributed by atoms with Crippen molar-refractivity contribution in [3.63, 3.8) is 0 Å². The van der Waals surface area contributed by atoms with Crippen molar-refractivity contribution < 1.29 is 4.79 Å². The van der Waals surface area contributed by atoms with Gasteiger partial charge in [0.1, 0.15) is 0 Å². The second-order valence-electron chi connectivity index (χ2n) is 5.37. The van der Waals surface area contributed by atoms with Crippen molar-refractivity contribution >= 4 is 5.91 Å². The first-order chi connectivity index (χ1) is 10.1. The van der Waals surface area contributed by atoms with Crippen LogP contribution in [0.2, 0.25) is 0 Å². The molecule has 3 heteroatoms. The third-order valence-corrected chi connectivity index (χ3v) is 3.71. The van der Waals surface area contributed by atoms with Crippen molar-refractivity contribution in [2.75, 3.05) is 7.05 Å². The van der Waals surface area contributed by atoms with Gasteiger partial charge in [0.2, 0.25) is 5.91 Å². The van der Waals surface area contributed by atoms with Crippen LogP contribution in [0.1, 0.15) is 22.3 Å². The van der Waals surface area contributed by atoms with E-state index in [9.17, 15) is 4.79 Å². The van der Waals surface area contributed by atoms with Crippen LogP contribution in [-0.4, -0.2) is 17.9 Å². The molecular weight excluding hydrogens is 260 g/mol. The van der Waals surface area contributed by atoms with Crippen LogP contribution in [0.3, 0.4) is 0 Å². The average Bonchev–Trinajstić information content (AvgIpc) is 2.50. The number of rotatable bonds is 5. The molecule has 0 aliphatic rings. The maximum absolute atomic E-state index is 12.3. The van der Waals surface area contributed by atoms with Crippen molar-refractivity contribution in [1.29, 1.82) is 0 Å². The van der Waals surface area contributed by atoms with E-state index < -0.39 is 0 Å². The summed E-state index contributed by atoms with van der Waals surface area (Å²) in [7, 11) is 1.85. The Morgan fingerprint density at radius 2 is 1.67 bits per heavy atom. The fourth-order valence-electron chi connectivity index (χ4n) is 2.23. The minimum absolute atomic E-state index is 0.124. The summed E-state index contributed by atoms with van der Waals surface area (Å²) in [4.78, 5) is 14.1. The number of likely N-dealkylation sites (N-methyl/N-ethyl adjacent to an activating group) is 1. The Morgan fingerprint density at radius 1 is 1.05 bits per heavy atom. The lowest BCUT2D eigenvalue weighted by Crippen LogP contribution is -2.28. The molecule has 2 N–H and O–H groups in total. The smallest absolute Gasteiger partial charge is 0.227 e. The number of aryl methyl sites for hydroxylation is 1. The van der Waals surface area contributed by atoms with Gasteiger partial charge in [-0.3, -0.25) is 4.79 Å². The van der Waals surface area contributed by atoms with Crippen LogP contribution in [0, 0.1) is 6.92 Å². The van der Waals surface area contributed by atoms with Crippen molar-refractivity contribution in [2.24, 2.45) is 5.73 Å². The zero-order valence-electron chi connectivity index (χ0n) is 12.7. The molecule has 0 aliphatic heterocycles. The minimum atomic E-state index is 0.124. The van der Waals surface area contributed by atoms with Gasteiger partial charge >= 0.3 is 0 Å². The summed E-state index contributed by atoms with van der Waals surface area (Å²) < 4.78 is 0. The zero-order valence-corrected chi connectivity index (χ0v) is 12.7. The lowest BCUT2D eigenvalue weighted by molar-refractivity contribution is -0.129. The second-order valence-corrected chi connectivity index (χ2v) is 5.37. The fraction of sp³-hybridized carbons (Fsp3) is 0.278. The molecular formula is C18H22N2O. The molecule has 2 rings (SSSR count). The molecule has 21 heavy (non-hydrogen) atoms. The third-order valence-electron chi connectivity index (χ3n) is 3.71. The molecule has 0 saturated carbocycles. The van der Waals surface area contributed by atoms with Crippen molar-refractivity contribution in [3.05, 3.63) is 70.8 Å². The van der Waals surface area contributed by atoms with Gasteiger partial charge in [-0.25, -0.2) is 0 Å². The van der Waals surface area contributed by atoms with Crippen LogP contribution >= 0.6 is 0 Å². The van der Waals surface area contributed by atoms with Gasteiger partial charge in [-0.2, -0.15) is 0 Å². The van der Waals surface area contributed by atoms with E-state index in [0.29, 0.717) is 19.5 Å². The summed E-state index contributed by atoms with van der Waals surface area (Å²) >= 11 is 0. The maximum Gasteiger partial charge on any atom is 0.227 e. The normalized spacial score (nSPS) is 10.4. The van der Waals surface area contributed by atoms with E-state index in [1.165, 1.54) is 11.1 Å². The summed E-state index contributed by atoms with van der Waals surface area (Å²) in [5.41, 5.74) is 10.1. The average molecular weight is 282 g/mol. The summed E-state index contributed by atoms with van der Waals surface area (Å²) in [5, 5.41) is 0. The van der Waals surface area contributed by atoms with Gasteiger partial charge in [-0.05, 0) is 29.2 Å². The predicted molar refractivity (Wildman–Crippen MR) is 85.7 cm³/mol. The molecule has 0 aliphatic carbocycles. The topological polar surface area (TPSA) is 46.3 Å². The van der Waals surface area contributed by atoms with Gasteiger partial charge in [0.15, 0.2) is 0 Å². The van der Waals surface area contributed by atoms with Crippen LogP contribution < -0.4 is 5.73 Å². The Hall–Kier alpha value is -2.13. The molecule has 3 nitrogen and oxygen atoms in total. The van der Waals surface area contributed by atoms with Crippen LogP contribution in [-0.2, 0) is 24.3 Å². The molecule has 0 saturated heterocycles. The summed E-state index contributed by atoms with van der Waals surface area (Å²) in [6.45, 7) is 3.24. The standard InChI is InChI=1S/C18H22N2O/c1-14-5-3-4-6-17(14)13-20(2)18(21)11-15-7-9-16(12-19)10-8-15/h3-10H,11-13,19H2,1-2H3. The number of nitrogens with two attached hydrogens (primary N) is 1. The highest BCUT2D eigenvalue weighted by molar-refractivity contribution is 5.78. The van der Waals surface area contributed by atoms with Crippen LogP contribution in [0.15, 0.2) is 48.5 Å². The molecule has 2 aromatic carbocycles. The molecule has 0 bridgehead atoms. The summed E-state index contributed by atoms with van der Waals surface area (Å²) in [6, 6.07) is 16.1. The van der Waals surface area contributed by atoms with Crippen molar-refractivity contribution in [2.45, 2.75) is 26.4 Å². The number of benzene rings is 2. The molecule has 0 aromatic heterocycles. The van der Waals surface area contributed by atoms with E-state index in [0.717, 1.165) is 11.1 Å². The largest absolute Gasteiger partial charge is 0.341 e. The van der Waals surface area contributed by atoms with Gasteiger partial charge in [0, 0.05) is 20.1 Å². The first-order valence-electron chi connectivity index (χ1n) is 7.16. The lowest BCUT2D eigenvalue weighted by atomic mass is 10.1. The fourth-order valence-corrected chi connectivity index (χ4v) is 2.23. The van der Waals surface area contributed by atoms with Gasteiger partial charge in [-0.1, -0.05) is 48.5 Å². The number of hydrogen-bond donors (Lipinski definition) is 1. The van der Waals surface area contributed by atoms with E-state index in [1.807, 2.05) is 43.4 Å². The monoisotopic (exact) mass is 282 g/mol. The Balaban J connectivity index is 1.97. The number of hydrogen-bond acceptors (Lipinski definition) is 2. The quantitative estimate of drug-likeness (QED) is 0.916. The summed E-state index contributed by atoms with van der Waals surface area (Å²) in [6.07, 6.45) is 0.424. The lowest BCUT2D eigenvalue weighted by Gasteiger charge is -2.18. The van der Waals surface area contributed by atoms with E-state index in [4.69, 9.17) is 5.73 Å². The number of carbonyl (C=O) groups excluding carboxylic acids is 1. The summed E-state index contributed by atoms with van der Waals surface area (Å²) in [5.74, 6) is 0.124. The highest BCUT2D eigenvalue weighted by Crippen LogP contribution is 2.11. The highest BCUT2D eigenvalue weighted by atomic mass is 16.2. The highest BCUT2D eigenvalue weighted by Gasteiger charge is 2.11. The second kappa shape index (κ2) is 7.04. The number of nitrogens with zero attached hydrogens (tertiary/aromatic N) is 1. The van der Waals surface area contributed by atoms with Crippen molar-refractivity contribution in [3.8, 4) is 0 Å². The maximum atomic E-state index is 12.3. The number of carbonyl (C=O) groups is 1. The molecule has 0 radical (unpaired) electrons. The minimum Gasteiger partial charge on any atom is -0.341 e. The van der Waals surface area contributed by atoms with Gasteiger partial charge < -0.3 is 10.6 Å². The molecule has 0 heterocycles. The van der Waals surface area contributed by atoms with Crippen LogP contribution in [0.25, 0.3) is 0 Å². The Kier molecular flexibility index (Phi) is 5.12. The molecule has 110 valence electrons. The molecule has 0 unspecified atom stereocenters. The van der Waals surface area contributed by atoms with Gasteiger partial charge in [0.25, 0.3) is 0 Å². The molecule has 0 atom stereocenters. The van der Waals surface area contributed by atoms with Crippen LogP contribution in [0.4, 0.5) is 0 Å². The van der Waals surface area contributed by atoms with E-state index in [2.05, 4.69) is 19.1 Å². The Bertz CT molecular complexity index is 605. The SMILES string of the molecule is Cc1ccccc1CN(C)C(=O)Cc1ccc(CN)cc1. The van der Waals surface area contributed by atoms with Crippen LogP contribution in [0.5, 0.6) is 0 Å². The van der Waals surface area contributed by atoms with Gasteiger partial charge in [0.05, 0.1) is 6.42 Å². The Morgan fingerprint density at radius 3 is 2.29 bits per heavy atom. The van der Waals surface area contributed by atoms with E-state index >= 15 is 0 Å². The van der Waals surface area contributed by atoms with Gasteiger partial charge in [-0.15, -0.1) is 0 Å². The van der Waals surface area contributed by atoms with Crippen molar-refractivity contribution in [1.82, 2.24) is 4.90 Å². The first kappa shape index (κ1) is 15.3.